The number of hydrogen-bond donors (Lipinski definition) is 3. The van der Waals surface area contributed by atoms with Gasteiger partial charge in [0.1, 0.15) is 24.9 Å². The highest BCUT2D eigenvalue weighted by atomic mass is 32.2. The standard InChI is InChI=1S/C11H21NO8S/c1-3-10(4-2)19-9-8(14)7(13)5-17-11(9,20-10)6-18-21(12,15)16/h7-9,13-14H,3-6H2,1-2H3,(H2,12,15,16)/t7-,8-,9+,11+/m1/s1. The molecule has 0 unspecified atom stereocenters. The topological polar surface area (TPSA) is 138 Å². The van der Waals surface area contributed by atoms with Crippen molar-refractivity contribution in [1.29, 1.82) is 0 Å². The van der Waals surface area contributed by atoms with Gasteiger partial charge in [-0.05, 0) is 12.8 Å². The van der Waals surface area contributed by atoms with Crippen LogP contribution in [0.4, 0.5) is 0 Å². The quantitative estimate of drug-likeness (QED) is 0.560. The van der Waals surface area contributed by atoms with Crippen LogP contribution in [-0.2, 0) is 28.7 Å². The molecule has 2 aliphatic rings. The molecule has 9 nitrogen and oxygen atoms in total. The highest BCUT2D eigenvalue weighted by Crippen LogP contribution is 2.45. The van der Waals surface area contributed by atoms with Gasteiger partial charge < -0.3 is 24.4 Å². The zero-order valence-electron chi connectivity index (χ0n) is 11.9. The van der Waals surface area contributed by atoms with Gasteiger partial charge in [-0.15, -0.1) is 0 Å². The molecule has 124 valence electrons. The van der Waals surface area contributed by atoms with Crippen molar-refractivity contribution in [1.82, 2.24) is 0 Å². The summed E-state index contributed by atoms with van der Waals surface area (Å²) in [7, 11) is -4.21. The third-order valence-corrected chi connectivity index (χ3v) is 4.28. The van der Waals surface area contributed by atoms with Crippen LogP contribution >= 0.6 is 0 Å². The van der Waals surface area contributed by atoms with Crippen LogP contribution in [-0.4, -0.2) is 61.7 Å². The van der Waals surface area contributed by atoms with E-state index in [1.165, 1.54) is 0 Å². The number of ether oxygens (including phenoxy) is 3. The maximum Gasteiger partial charge on any atom is 0.333 e. The Bertz CT molecular complexity index is 479. The minimum Gasteiger partial charge on any atom is -0.388 e. The van der Waals surface area contributed by atoms with Crippen molar-refractivity contribution in [3.8, 4) is 0 Å². The zero-order chi connectivity index (χ0) is 15.9. The summed E-state index contributed by atoms with van der Waals surface area (Å²) in [6.45, 7) is 2.83. The fourth-order valence-corrected chi connectivity index (χ4v) is 2.89. The Morgan fingerprint density at radius 2 is 1.95 bits per heavy atom. The third kappa shape index (κ3) is 3.22. The number of aliphatic hydroxyl groups excluding tert-OH is 2. The zero-order valence-corrected chi connectivity index (χ0v) is 12.7. The lowest BCUT2D eigenvalue weighted by molar-refractivity contribution is -0.305. The van der Waals surface area contributed by atoms with Crippen molar-refractivity contribution >= 4 is 10.3 Å². The number of fused-ring (bicyclic) bond motifs is 1. The summed E-state index contributed by atoms with van der Waals surface area (Å²) < 4.78 is 43.5. The summed E-state index contributed by atoms with van der Waals surface area (Å²) >= 11 is 0. The lowest BCUT2D eigenvalue weighted by atomic mass is 9.98. The van der Waals surface area contributed by atoms with E-state index in [2.05, 4.69) is 4.18 Å². The van der Waals surface area contributed by atoms with E-state index in [1.807, 2.05) is 13.8 Å². The van der Waals surface area contributed by atoms with E-state index in [1.54, 1.807) is 0 Å². The van der Waals surface area contributed by atoms with Gasteiger partial charge in [-0.25, -0.2) is 5.14 Å². The maximum atomic E-state index is 11.0. The average Bonchev–Trinajstić information content (AvgIpc) is 2.77. The first-order valence-corrected chi connectivity index (χ1v) is 8.19. The molecule has 2 aliphatic heterocycles. The Morgan fingerprint density at radius 3 is 2.48 bits per heavy atom. The van der Waals surface area contributed by atoms with Gasteiger partial charge in [-0.2, -0.15) is 8.42 Å². The van der Waals surface area contributed by atoms with Gasteiger partial charge in [-0.1, -0.05) is 13.8 Å². The second-order valence-corrected chi connectivity index (χ2v) is 6.42. The van der Waals surface area contributed by atoms with Gasteiger partial charge >= 0.3 is 10.3 Å². The molecule has 4 atom stereocenters. The summed E-state index contributed by atoms with van der Waals surface area (Å²) in [4.78, 5) is 0. The van der Waals surface area contributed by atoms with Gasteiger partial charge in [0.05, 0.1) is 6.61 Å². The van der Waals surface area contributed by atoms with E-state index in [0.717, 1.165) is 0 Å². The molecule has 2 heterocycles. The summed E-state index contributed by atoms with van der Waals surface area (Å²) in [6.07, 6.45) is -2.64. The summed E-state index contributed by atoms with van der Waals surface area (Å²) in [5.41, 5.74) is 0. The summed E-state index contributed by atoms with van der Waals surface area (Å²) in [5.74, 6) is -2.67. The van der Waals surface area contributed by atoms with E-state index in [9.17, 15) is 18.6 Å². The average molecular weight is 327 g/mol. The Hall–Kier alpha value is -0.330. The van der Waals surface area contributed by atoms with E-state index in [4.69, 9.17) is 19.3 Å². The second kappa shape index (κ2) is 5.70. The van der Waals surface area contributed by atoms with Crippen molar-refractivity contribution in [2.24, 2.45) is 5.14 Å². The first kappa shape index (κ1) is 17.0. The van der Waals surface area contributed by atoms with Crippen LogP contribution in [0, 0.1) is 0 Å². The molecule has 0 aromatic carbocycles. The molecule has 0 aromatic heterocycles. The molecule has 10 heteroatoms. The van der Waals surface area contributed by atoms with Gasteiger partial charge in [0.15, 0.2) is 5.79 Å². The highest BCUT2D eigenvalue weighted by molar-refractivity contribution is 7.84. The molecule has 0 amide bonds. The molecule has 0 saturated carbocycles. The summed E-state index contributed by atoms with van der Waals surface area (Å²) in [5, 5.41) is 24.6. The highest BCUT2D eigenvalue weighted by Gasteiger charge is 2.63. The SMILES string of the molecule is CCC1(CC)O[C@H]2[C@H](O)[C@H](O)CO[C@@]2(COS(N)(=O)=O)O1. The van der Waals surface area contributed by atoms with Gasteiger partial charge in [0, 0.05) is 0 Å². The number of aliphatic hydroxyl groups is 2. The van der Waals surface area contributed by atoms with E-state index in [-0.39, 0.29) is 6.61 Å². The Labute approximate surface area is 123 Å². The molecule has 21 heavy (non-hydrogen) atoms. The molecule has 0 aliphatic carbocycles. The van der Waals surface area contributed by atoms with Crippen molar-refractivity contribution < 1.29 is 37.0 Å². The van der Waals surface area contributed by atoms with Gasteiger partial charge in [0.25, 0.3) is 0 Å². The predicted molar refractivity (Wildman–Crippen MR) is 69.0 cm³/mol. The van der Waals surface area contributed by atoms with Crippen molar-refractivity contribution in [3.63, 3.8) is 0 Å². The third-order valence-electron chi connectivity index (χ3n) is 3.84. The second-order valence-electron chi connectivity index (χ2n) is 5.19. The van der Waals surface area contributed by atoms with E-state index >= 15 is 0 Å². The van der Waals surface area contributed by atoms with Crippen LogP contribution in [0.5, 0.6) is 0 Å². The van der Waals surface area contributed by atoms with Gasteiger partial charge in [-0.3, -0.25) is 4.18 Å². The summed E-state index contributed by atoms with van der Waals surface area (Å²) in [6, 6.07) is 0. The Kier molecular flexibility index (Phi) is 4.63. The number of rotatable bonds is 5. The normalized spacial score (nSPS) is 39.2. The monoisotopic (exact) mass is 327 g/mol. The lowest BCUT2D eigenvalue weighted by Gasteiger charge is -2.40. The minimum atomic E-state index is -4.21. The van der Waals surface area contributed by atoms with Crippen molar-refractivity contribution in [3.05, 3.63) is 0 Å². The van der Waals surface area contributed by atoms with E-state index < -0.39 is 46.8 Å². The largest absolute Gasteiger partial charge is 0.388 e. The molecular formula is C11H21NO8S. The van der Waals surface area contributed by atoms with Crippen LogP contribution in [0.25, 0.3) is 0 Å². The first-order chi connectivity index (χ1) is 9.67. The van der Waals surface area contributed by atoms with Crippen LogP contribution in [0.1, 0.15) is 26.7 Å². The molecule has 0 radical (unpaired) electrons. The molecule has 0 aromatic rings. The van der Waals surface area contributed by atoms with Crippen LogP contribution in [0.3, 0.4) is 0 Å². The van der Waals surface area contributed by atoms with Crippen LogP contribution < -0.4 is 5.14 Å². The smallest absolute Gasteiger partial charge is 0.333 e. The van der Waals surface area contributed by atoms with Crippen molar-refractivity contribution in [2.75, 3.05) is 13.2 Å². The maximum absolute atomic E-state index is 11.0. The number of nitrogens with two attached hydrogens (primary N) is 1. The molecule has 2 rings (SSSR count). The Morgan fingerprint density at radius 1 is 1.33 bits per heavy atom. The molecule has 2 saturated heterocycles. The van der Waals surface area contributed by atoms with E-state index in [0.29, 0.717) is 12.8 Å². The molecule has 0 bridgehead atoms. The molecule has 0 spiro atoms. The number of hydrogen-bond acceptors (Lipinski definition) is 8. The Balaban J connectivity index is 2.29. The lowest BCUT2D eigenvalue weighted by Crippen LogP contribution is -2.61. The molecular weight excluding hydrogens is 306 g/mol. The van der Waals surface area contributed by atoms with Crippen LogP contribution in [0.15, 0.2) is 0 Å². The van der Waals surface area contributed by atoms with Gasteiger partial charge in [0.2, 0.25) is 5.79 Å². The van der Waals surface area contributed by atoms with Crippen LogP contribution in [0.2, 0.25) is 0 Å². The first-order valence-electron chi connectivity index (χ1n) is 6.72. The minimum absolute atomic E-state index is 0.238. The fraction of sp³-hybridized carbons (Fsp3) is 1.00. The fourth-order valence-electron chi connectivity index (χ4n) is 2.56. The predicted octanol–water partition coefficient (Wildman–Crippen LogP) is -1.41. The molecule has 2 fully saturated rings. The molecule has 4 N–H and O–H groups in total. The van der Waals surface area contributed by atoms with Crippen molar-refractivity contribution in [2.45, 2.75) is 56.6 Å².